The Morgan fingerprint density at radius 2 is 1.28 bits per heavy atom. The molecule has 0 heterocycles. The quantitative estimate of drug-likeness (QED) is 0.146. The molecule has 0 rings (SSSR count). The third kappa shape index (κ3) is 11.2. The van der Waals surface area contributed by atoms with Gasteiger partial charge in [-0.3, -0.25) is 0 Å². The van der Waals surface area contributed by atoms with Crippen molar-refractivity contribution in [3.63, 3.8) is 0 Å². The van der Waals surface area contributed by atoms with Gasteiger partial charge in [0.1, 0.15) is 0 Å². The number of nitrogens with zero attached hydrogens (tertiary/aromatic N) is 1. The van der Waals surface area contributed by atoms with Crippen LogP contribution in [0.4, 0.5) is 0 Å². The predicted octanol–water partition coefficient (Wildman–Crippen LogP) is 5.03. The molecule has 0 saturated carbocycles. The third-order valence-corrected chi connectivity index (χ3v) is 8.07. The summed E-state index contributed by atoms with van der Waals surface area (Å²) in [6.45, 7) is 9.60. The number of hydrogen-bond acceptors (Lipinski definition) is 3. The number of rotatable bonds is 18. The maximum atomic E-state index is 5.53. The highest BCUT2D eigenvalue weighted by atomic mass is 28.4. The summed E-state index contributed by atoms with van der Waals surface area (Å²) in [5, 5.41) is 0. The van der Waals surface area contributed by atoms with Crippen LogP contribution in [-0.4, -0.2) is 61.3 Å². The van der Waals surface area contributed by atoms with E-state index >= 15 is 0 Å². The van der Waals surface area contributed by atoms with Crippen LogP contribution in [-0.2, 0) is 13.3 Å². The molecule has 0 saturated heterocycles. The number of unbranched alkanes of at least 4 members (excludes halogenated alkanes) is 7. The number of likely N-dealkylation sites (N-methyl/N-ethyl adjacent to an activating group) is 1. The molecule has 25 heavy (non-hydrogen) atoms. The Kier molecular flexibility index (Phi) is 14.8. The van der Waals surface area contributed by atoms with Crippen molar-refractivity contribution in [2.45, 2.75) is 70.8 Å². The monoisotopic (exact) mass is 374 g/mol. The highest BCUT2D eigenvalue weighted by molar-refractivity contribution is 6.60. The highest BCUT2D eigenvalue weighted by Gasteiger charge is 2.38. The Morgan fingerprint density at radius 3 is 1.76 bits per heavy atom. The smallest absolute Gasteiger partial charge is 0.377 e. The minimum Gasteiger partial charge on any atom is -0.377 e. The lowest BCUT2D eigenvalue weighted by atomic mass is 10.1. The Morgan fingerprint density at radius 1 is 0.800 bits per heavy atom. The summed E-state index contributed by atoms with van der Waals surface area (Å²) in [6, 6.07) is 0.874. The van der Waals surface area contributed by atoms with Gasteiger partial charge in [0.15, 0.2) is 0 Å². The summed E-state index contributed by atoms with van der Waals surface area (Å²) in [5.41, 5.74) is 0. The molecule has 0 spiro atoms. The van der Waals surface area contributed by atoms with Gasteiger partial charge in [-0.25, -0.2) is 0 Å². The van der Waals surface area contributed by atoms with E-state index in [9.17, 15) is 0 Å². The van der Waals surface area contributed by atoms with E-state index in [1.165, 1.54) is 57.9 Å². The zero-order valence-electron chi connectivity index (χ0n) is 17.6. The van der Waals surface area contributed by atoms with E-state index in [-0.39, 0.29) is 0 Å². The fourth-order valence-corrected chi connectivity index (χ4v) is 5.17. The standard InChI is InChI=1S/C20H44NO3Si/c1-7-9-10-11-12-13-14-15-18-21(3,17-8-2)19-16-20-25(22-4,23-5)24-6/h8H,2,7,9-20H2,1,3-6H3/q+1. The van der Waals surface area contributed by atoms with Gasteiger partial charge in [-0.1, -0.05) is 52.0 Å². The van der Waals surface area contributed by atoms with Gasteiger partial charge in [-0.15, -0.1) is 0 Å². The molecule has 0 N–H and O–H groups in total. The first-order chi connectivity index (χ1) is 12.0. The average Bonchev–Trinajstić information content (AvgIpc) is 2.62. The lowest BCUT2D eigenvalue weighted by Gasteiger charge is -2.34. The average molecular weight is 375 g/mol. The second-order valence-electron chi connectivity index (χ2n) is 7.41. The van der Waals surface area contributed by atoms with Gasteiger partial charge in [-0.05, 0) is 18.9 Å². The Labute approximate surface area is 158 Å². The van der Waals surface area contributed by atoms with Crippen molar-refractivity contribution in [1.29, 1.82) is 0 Å². The van der Waals surface area contributed by atoms with Crippen LogP contribution in [0.2, 0.25) is 6.04 Å². The normalized spacial score (nSPS) is 14.4. The van der Waals surface area contributed by atoms with E-state index in [4.69, 9.17) is 13.3 Å². The largest absolute Gasteiger partial charge is 0.500 e. The molecule has 1 atom stereocenters. The van der Waals surface area contributed by atoms with Crippen molar-refractivity contribution in [1.82, 2.24) is 0 Å². The van der Waals surface area contributed by atoms with Crippen LogP contribution in [0.5, 0.6) is 0 Å². The van der Waals surface area contributed by atoms with E-state index in [0.29, 0.717) is 0 Å². The summed E-state index contributed by atoms with van der Waals surface area (Å²) in [7, 11) is 4.99. The Balaban J connectivity index is 4.12. The zero-order valence-corrected chi connectivity index (χ0v) is 18.6. The molecular weight excluding hydrogens is 330 g/mol. The van der Waals surface area contributed by atoms with E-state index in [2.05, 4.69) is 26.6 Å². The maximum absolute atomic E-state index is 5.53. The summed E-state index contributed by atoms with van der Waals surface area (Å²) in [4.78, 5) is 0. The minimum absolute atomic E-state index is 0.874. The second-order valence-corrected chi connectivity index (χ2v) is 10.5. The van der Waals surface area contributed by atoms with Crippen LogP contribution in [0.1, 0.15) is 64.7 Å². The number of quaternary nitrogens is 1. The molecule has 1 unspecified atom stereocenters. The lowest BCUT2D eigenvalue weighted by Crippen LogP contribution is -2.48. The van der Waals surface area contributed by atoms with Gasteiger partial charge in [0.2, 0.25) is 0 Å². The molecular formula is C20H44NO3Si+. The van der Waals surface area contributed by atoms with Crippen LogP contribution in [0.25, 0.3) is 0 Å². The first-order valence-electron chi connectivity index (χ1n) is 10.1. The van der Waals surface area contributed by atoms with Crippen molar-refractivity contribution in [3.05, 3.63) is 12.7 Å². The topological polar surface area (TPSA) is 27.7 Å². The van der Waals surface area contributed by atoms with Crippen molar-refractivity contribution >= 4 is 8.80 Å². The fraction of sp³-hybridized carbons (Fsp3) is 0.900. The van der Waals surface area contributed by atoms with Gasteiger partial charge in [-0.2, -0.15) is 0 Å². The molecule has 0 amide bonds. The van der Waals surface area contributed by atoms with E-state index in [1.807, 2.05) is 0 Å². The highest BCUT2D eigenvalue weighted by Crippen LogP contribution is 2.18. The van der Waals surface area contributed by atoms with E-state index in [1.54, 1.807) is 21.3 Å². The summed E-state index contributed by atoms with van der Waals surface area (Å²) < 4.78 is 17.7. The van der Waals surface area contributed by atoms with Gasteiger partial charge in [0.05, 0.1) is 26.7 Å². The van der Waals surface area contributed by atoms with Crippen LogP contribution < -0.4 is 0 Å². The summed E-state index contributed by atoms with van der Waals surface area (Å²) in [5.74, 6) is 0. The molecule has 0 aromatic heterocycles. The van der Waals surface area contributed by atoms with Crippen molar-refractivity contribution in [2.24, 2.45) is 0 Å². The minimum atomic E-state index is -2.44. The van der Waals surface area contributed by atoms with E-state index < -0.39 is 8.80 Å². The molecule has 150 valence electrons. The third-order valence-electron chi connectivity index (χ3n) is 5.24. The molecule has 0 aromatic carbocycles. The lowest BCUT2D eigenvalue weighted by molar-refractivity contribution is -0.904. The van der Waals surface area contributed by atoms with Gasteiger partial charge in [0, 0.05) is 33.8 Å². The number of hydrogen-bond donors (Lipinski definition) is 0. The molecule has 0 bridgehead atoms. The maximum Gasteiger partial charge on any atom is 0.500 e. The first-order valence-corrected chi connectivity index (χ1v) is 12.0. The summed E-state index contributed by atoms with van der Waals surface area (Å²) in [6.07, 6.45) is 14.1. The van der Waals surface area contributed by atoms with Crippen LogP contribution in [0.15, 0.2) is 12.7 Å². The van der Waals surface area contributed by atoms with Crippen LogP contribution in [0.3, 0.4) is 0 Å². The Bertz CT molecular complexity index is 316. The van der Waals surface area contributed by atoms with Gasteiger partial charge in [0.25, 0.3) is 0 Å². The molecule has 0 aliphatic heterocycles. The van der Waals surface area contributed by atoms with E-state index in [0.717, 1.165) is 30.0 Å². The molecule has 5 heteroatoms. The zero-order chi connectivity index (χ0) is 19.0. The molecule has 0 aliphatic carbocycles. The van der Waals surface area contributed by atoms with Crippen molar-refractivity contribution in [2.75, 3.05) is 48.0 Å². The molecule has 0 aromatic rings. The second kappa shape index (κ2) is 14.9. The first kappa shape index (κ1) is 24.8. The molecule has 0 radical (unpaired) electrons. The van der Waals surface area contributed by atoms with Gasteiger partial charge < -0.3 is 17.8 Å². The Hall–Kier alpha value is -0.203. The predicted molar refractivity (Wildman–Crippen MR) is 110 cm³/mol. The SMILES string of the molecule is C=CC[N+](C)(CCCCCCCCCC)CCC[Si](OC)(OC)OC. The molecule has 0 aliphatic rings. The van der Waals surface area contributed by atoms with Crippen LogP contribution in [0, 0.1) is 0 Å². The van der Waals surface area contributed by atoms with Crippen molar-refractivity contribution < 1.29 is 17.8 Å². The van der Waals surface area contributed by atoms with Crippen molar-refractivity contribution in [3.8, 4) is 0 Å². The van der Waals surface area contributed by atoms with Crippen LogP contribution >= 0.6 is 0 Å². The van der Waals surface area contributed by atoms with Gasteiger partial charge >= 0.3 is 8.80 Å². The summed E-state index contributed by atoms with van der Waals surface area (Å²) >= 11 is 0. The molecule has 4 nitrogen and oxygen atoms in total. The fourth-order valence-electron chi connectivity index (χ4n) is 3.47. The molecule has 0 fully saturated rings.